The van der Waals surface area contributed by atoms with Crippen molar-refractivity contribution in [3.8, 4) is 5.75 Å². The molecular weight excluding hydrogens is 390 g/mol. The number of sulfone groups is 1. The van der Waals surface area contributed by atoms with Gasteiger partial charge in [0.15, 0.2) is 9.84 Å². The first kappa shape index (κ1) is 17.8. The second kappa shape index (κ2) is 6.51. The molecule has 1 aromatic carbocycles. The molecule has 2 saturated heterocycles. The van der Waals surface area contributed by atoms with Gasteiger partial charge in [0, 0.05) is 5.56 Å². The highest BCUT2D eigenvalue weighted by Crippen LogP contribution is 2.37. The fraction of sp³-hybridized carbons (Fsp3) is 0.333. The molecule has 0 aliphatic carbocycles. The van der Waals surface area contributed by atoms with Gasteiger partial charge in [-0.2, -0.15) is 0 Å². The Balaban J connectivity index is 1.62. The smallest absolute Gasteiger partial charge is 0.266 e. The van der Waals surface area contributed by atoms with E-state index in [9.17, 15) is 13.2 Å². The summed E-state index contributed by atoms with van der Waals surface area (Å²) in [6.45, 7) is 1.93. The number of hydrogen-bond acceptors (Lipinski definition) is 6. The first-order chi connectivity index (χ1) is 12.3. The molecule has 8 heteroatoms. The fourth-order valence-electron chi connectivity index (χ4n) is 3.35. The van der Waals surface area contributed by atoms with Gasteiger partial charge in [-0.1, -0.05) is 42.2 Å². The van der Waals surface area contributed by atoms with Crippen molar-refractivity contribution in [2.45, 2.75) is 25.5 Å². The molecule has 1 amide bonds. The number of thioether (sulfide) groups is 1. The molecule has 26 heavy (non-hydrogen) atoms. The monoisotopic (exact) mass is 407 g/mol. The van der Waals surface area contributed by atoms with Crippen molar-refractivity contribution in [1.29, 1.82) is 0 Å². The molecular formula is C18H17NO4S3. The predicted octanol–water partition coefficient (Wildman–Crippen LogP) is 2.78. The van der Waals surface area contributed by atoms with Gasteiger partial charge in [0.25, 0.3) is 5.91 Å². The van der Waals surface area contributed by atoms with E-state index in [-0.39, 0.29) is 29.6 Å². The number of nitrogens with zero attached hydrogens (tertiary/aromatic N) is 1. The summed E-state index contributed by atoms with van der Waals surface area (Å²) in [5.74, 6) is 0.706. The minimum absolute atomic E-state index is 0.0116. The van der Waals surface area contributed by atoms with E-state index < -0.39 is 9.84 Å². The van der Waals surface area contributed by atoms with Crippen LogP contribution in [0.25, 0.3) is 6.08 Å². The Labute approximate surface area is 162 Å². The van der Waals surface area contributed by atoms with Crippen LogP contribution in [0, 0.1) is 0 Å². The molecule has 0 aromatic heterocycles. The standard InChI is InChI=1S/C18H17NO4S3/c1-11-13(8-12-4-2-3-5-15(12)23-11)9-16-17(20)19(18(24)25-16)14-6-7-26(21,22)10-14/h2-5,8-9,11,14H,6-7,10H2,1H3/b16-9-. The quantitative estimate of drug-likeness (QED) is 0.555. The van der Waals surface area contributed by atoms with E-state index in [0.29, 0.717) is 15.6 Å². The Morgan fingerprint density at radius 3 is 2.85 bits per heavy atom. The lowest BCUT2D eigenvalue weighted by atomic mass is 10.0. The van der Waals surface area contributed by atoms with E-state index in [4.69, 9.17) is 17.0 Å². The normalized spacial score (nSPS) is 28.9. The van der Waals surface area contributed by atoms with Gasteiger partial charge in [-0.15, -0.1) is 0 Å². The van der Waals surface area contributed by atoms with Gasteiger partial charge in [-0.05, 0) is 37.1 Å². The second-order valence-corrected chi connectivity index (χ2v) is 10.5. The van der Waals surface area contributed by atoms with E-state index in [1.807, 2.05) is 43.3 Å². The molecule has 2 atom stereocenters. The zero-order valence-electron chi connectivity index (χ0n) is 14.0. The maximum Gasteiger partial charge on any atom is 0.266 e. The van der Waals surface area contributed by atoms with Crippen LogP contribution in [0.1, 0.15) is 18.9 Å². The molecule has 5 nitrogen and oxygen atoms in total. The van der Waals surface area contributed by atoms with Crippen LogP contribution in [0.4, 0.5) is 0 Å². The SMILES string of the molecule is CC1Oc2ccccc2C=C1/C=C1\SC(=S)N(C2CCS(=O)(=O)C2)C1=O. The number of thiocarbonyl (C=S) groups is 1. The Kier molecular flexibility index (Phi) is 4.45. The molecule has 0 saturated carbocycles. The molecule has 1 aromatic rings. The Bertz CT molecular complexity index is 964. The lowest BCUT2D eigenvalue weighted by Gasteiger charge is -2.23. The summed E-state index contributed by atoms with van der Waals surface area (Å²) in [5.41, 5.74) is 1.86. The maximum absolute atomic E-state index is 12.8. The zero-order chi connectivity index (χ0) is 18.5. The van der Waals surface area contributed by atoms with Crippen molar-refractivity contribution in [1.82, 2.24) is 4.90 Å². The highest BCUT2D eigenvalue weighted by atomic mass is 32.2. The van der Waals surface area contributed by atoms with Gasteiger partial charge in [-0.25, -0.2) is 8.42 Å². The summed E-state index contributed by atoms with van der Waals surface area (Å²) in [6, 6.07) is 7.38. The number of hydrogen-bond donors (Lipinski definition) is 0. The van der Waals surface area contributed by atoms with E-state index in [2.05, 4.69) is 0 Å². The molecule has 0 bridgehead atoms. The van der Waals surface area contributed by atoms with Crippen LogP contribution in [-0.2, 0) is 14.6 Å². The molecule has 4 rings (SSSR count). The van der Waals surface area contributed by atoms with Gasteiger partial charge >= 0.3 is 0 Å². The molecule has 0 spiro atoms. The number of rotatable bonds is 2. The number of ether oxygens (including phenoxy) is 1. The van der Waals surface area contributed by atoms with Crippen molar-refractivity contribution < 1.29 is 17.9 Å². The molecule has 3 heterocycles. The number of amides is 1. The molecule has 3 aliphatic heterocycles. The summed E-state index contributed by atoms with van der Waals surface area (Å²) < 4.78 is 29.8. The minimum Gasteiger partial charge on any atom is -0.485 e. The van der Waals surface area contributed by atoms with E-state index >= 15 is 0 Å². The van der Waals surface area contributed by atoms with Gasteiger partial charge in [0.05, 0.1) is 22.5 Å². The maximum atomic E-state index is 12.8. The van der Waals surface area contributed by atoms with Gasteiger partial charge in [0.2, 0.25) is 0 Å². The van der Waals surface area contributed by atoms with Crippen molar-refractivity contribution >= 4 is 50.1 Å². The lowest BCUT2D eigenvalue weighted by molar-refractivity contribution is -0.123. The first-order valence-corrected chi connectivity index (χ1v) is 11.3. The van der Waals surface area contributed by atoms with Crippen molar-refractivity contribution in [2.75, 3.05) is 11.5 Å². The van der Waals surface area contributed by atoms with Gasteiger partial charge in [0.1, 0.15) is 16.2 Å². The Morgan fingerprint density at radius 2 is 2.12 bits per heavy atom. The Hall–Kier alpha value is -1.64. The summed E-state index contributed by atoms with van der Waals surface area (Å²) in [5, 5.41) is 0. The number of carbonyl (C=O) groups is 1. The molecule has 0 radical (unpaired) electrons. The minimum atomic E-state index is -3.08. The summed E-state index contributed by atoms with van der Waals surface area (Å²) in [7, 11) is -3.08. The third kappa shape index (κ3) is 3.21. The van der Waals surface area contributed by atoms with E-state index in [1.54, 1.807) is 0 Å². The molecule has 2 unspecified atom stereocenters. The van der Waals surface area contributed by atoms with E-state index in [1.165, 1.54) is 16.7 Å². The largest absolute Gasteiger partial charge is 0.485 e. The molecule has 0 N–H and O–H groups in total. The molecule has 2 fully saturated rings. The van der Waals surface area contributed by atoms with Crippen molar-refractivity contribution in [3.05, 3.63) is 46.4 Å². The van der Waals surface area contributed by atoms with E-state index in [0.717, 1.165) is 16.9 Å². The van der Waals surface area contributed by atoms with Gasteiger partial charge in [-0.3, -0.25) is 9.69 Å². The highest BCUT2D eigenvalue weighted by Gasteiger charge is 2.42. The van der Waals surface area contributed by atoms with Crippen molar-refractivity contribution in [3.63, 3.8) is 0 Å². The second-order valence-electron chi connectivity index (χ2n) is 6.55. The average molecular weight is 408 g/mol. The average Bonchev–Trinajstić information content (AvgIpc) is 3.07. The van der Waals surface area contributed by atoms with Crippen LogP contribution in [0.5, 0.6) is 5.75 Å². The van der Waals surface area contributed by atoms with Gasteiger partial charge < -0.3 is 4.74 Å². The van der Waals surface area contributed by atoms with Crippen LogP contribution < -0.4 is 4.74 Å². The predicted molar refractivity (Wildman–Crippen MR) is 107 cm³/mol. The van der Waals surface area contributed by atoms with Crippen LogP contribution >= 0.6 is 24.0 Å². The highest BCUT2D eigenvalue weighted by molar-refractivity contribution is 8.26. The third-order valence-electron chi connectivity index (χ3n) is 4.71. The van der Waals surface area contributed by atoms with Crippen LogP contribution in [0.3, 0.4) is 0 Å². The molecule has 3 aliphatic rings. The van der Waals surface area contributed by atoms with Crippen LogP contribution in [0.2, 0.25) is 0 Å². The summed E-state index contributed by atoms with van der Waals surface area (Å²) in [6.07, 6.45) is 4.08. The summed E-state index contributed by atoms with van der Waals surface area (Å²) >= 11 is 6.57. The number of para-hydroxylation sites is 1. The zero-order valence-corrected chi connectivity index (χ0v) is 16.5. The fourth-order valence-corrected chi connectivity index (χ4v) is 6.45. The first-order valence-electron chi connectivity index (χ1n) is 8.29. The Morgan fingerprint density at radius 1 is 1.35 bits per heavy atom. The van der Waals surface area contributed by atoms with Crippen molar-refractivity contribution in [2.24, 2.45) is 0 Å². The van der Waals surface area contributed by atoms with Crippen LogP contribution in [0.15, 0.2) is 40.8 Å². The topological polar surface area (TPSA) is 63.7 Å². The van der Waals surface area contributed by atoms with Crippen LogP contribution in [-0.4, -0.2) is 47.2 Å². The lowest BCUT2D eigenvalue weighted by Crippen LogP contribution is -2.39. The number of benzene rings is 1. The number of carbonyl (C=O) groups excluding carboxylic acids is 1. The third-order valence-corrected chi connectivity index (χ3v) is 7.79. The number of fused-ring (bicyclic) bond motifs is 1. The molecule has 136 valence electrons. The summed E-state index contributed by atoms with van der Waals surface area (Å²) in [4.78, 5) is 14.8.